The number of nitrogens with zero attached hydrogens (tertiary/aromatic N) is 1. The molecule has 0 fully saturated rings. The van der Waals surface area contributed by atoms with Crippen LogP contribution in [-0.4, -0.2) is 16.8 Å². The van der Waals surface area contributed by atoms with Crippen molar-refractivity contribution < 1.29 is 13.7 Å². The van der Waals surface area contributed by atoms with Crippen molar-refractivity contribution in [2.24, 2.45) is 0 Å². The Morgan fingerprint density at radius 3 is 2.50 bits per heavy atom. The van der Waals surface area contributed by atoms with E-state index in [2.05, 4.69) is 4.85 Å². The summed E-state index contributed by atoms with van der Waals surface area (Å²) in [4.78, 5) is 14.5. The molecule has 2 rings (SSSR count). The first-order chi connectivity index (χ1) is 10.4. The second kappa shape index (κ2) is 6.41. The third kappa shape index (κ3) is 3.71. The minimum atomic E-state index is -2.72. The van der Waals surface area contributed by atoms with E-state index in [1.165, 1.54) is 12.3 Å². The average Bonchev–Trinajstić information content (AvgIpc) is 2.52. The maximum absolute atomic E-state index is 11.6. The molecule has 6 heteroatoms. The summed E-state index contributed by atoms with van der Waals surface area (Å²) in [5, 5.41) is 0. The molecule has 0 aliphatic carbocycles. The lowest BCUT2D eigenvalue weighted by Gasteiger charge is -2.09. The minimum Gasteiger partial charge on any atom is -0.500 e. The Kier molecular flexibility index (Phi) is 4.59. The van der Waals surface area contributed by atoms with Gasteiger partial charge in [-0.05, 0) is 29.8 Å². The predicted molar refractivity (Wildman–Crippen MR) is 83.9 cm³/mol. The van der Waals surface area contributed by atoms with Gasteiger partial charge in [-0.1, -0.05) is 18.2 Å². The third-order valence-corrected chi connectivity index (χ3v) is 4.18. The van der Waals surface area contributed by atoms with E-state index >= 15 is 0 Å². The van der Waals surface area contributed by atoms with Crippen molar-refractivity contribution in [3.05, 3.63) is 65.0 Å². The molecule has 22 heavy (non-hydrogen) atoms. The topological polar surface area (TPSA) is 71.6 Å². The lowest BCUT2D eigenvalue weighted by molar-refractivity contribution is 0.112. The largest absolute Gasteiger partial charge is 0.500 e. The molecule has 0 heterocycles. The predicted octanol–water partition coefficient (Wildman–Crippen LogP) is 3.66. The van der Waals surface area contributed by atoms with E-state index in [1.54, 1.807) is 36.4 Å². The van der Waals surface area contributed by atoms with Gasteiger partial charge in [-0.3, -0.25) is 4.79 Å². The van der Waals surface area contributed by atoms with Gasteiger partial charge in [0, 0.05) is 16.7 Å². The number of benzene rings is 2. The molecule has 0 spiro atoms. The van der Waals surface area contributed by atoms with Crippen LogP contribution in [0.4, 0.5) is 5.69 Å². The third-order valence-electron chi connectivity index (χ3n) is 3.01. The second-order valence-electron chi connectivity index (χ2n) is 4.73. The van der Waals surface area contributed by atoms with Crippen LogP contribution in [0, 0.1) is 11.4 Å². The van der Waals surface area contributed by atoms with Gasteiger partial charge in [0.2, 0.25) is 5.69 Å². The number of hydrogen-bond donors (Lipinski definition) is 1. The van der Waals surface area contributed by atoms with E-state index in [-0.39, 0.29) is 12.3 Å². The van der Waals surface area contributed by atoms with Crippen LogP contribution in [0.5, 0.6) is 5.75 Å². The molecule has 0 aliphatic rings. The smallest absolute Gasteiger partial charge is 0.228 e. The van der Waals surface area contributed by atoms with Crippen molar-refractivity contribution in [3.63, 3.8) is 0 Å². The molecule has 1 atom stereocenters. The first-order valence-electron chi connectivity index (χ1n) is 6.36. The molecule has 112 valence electrons. The highest BCUT2D eigenvalue weighted by molar-refractivity contribution is 7.91. The average molecular weight is 314 g/mol. The molecule has 0 aliphatic heterocycles. The van der Waals surface area contributed by atoms with Crippen molar-refractivity contribution in [1.29, 1.82) is 4.78 Å². The van der Waals surface area contributed by atoms with Crippen molar-refractivity contribution in [2.45, 2.75) is 11.5 Å². The Morgan fingerprint density at radius 2 is 1.95 bits per heavy atom. The highest BCUT2D eigenvalue weighted by atomic mass is 32.2. The van der Waals surface area contributed by atoms with Crippen LogP contribution in [0.2, 0.25) is 0 Å². The molecule has 0 bridgehead atoms. The van der Waals surface area contributed by atoms with E-state index in [9.17, 15) is 9.00 Å². The summed E-state index contributed by atoms with van der Waals surface area (Å²) in [6.45, 7) is 7.35. The summed E-state index contributed by atoms with van der Waals surface area (Å²) < 4.78 is 24.7. The molecule has 0 amide bonds. The van der Waals surface area contributed by atoms with Gasteiger partial charge in [0.1, 0.15) is 18.6 Å². The fraction of sp³-hybridized carbons (Fsp3) is 0.125. The lowest BCUT2D eigenvalue weighted by Crippen LogP contribution is -1.98. The van der Waals surface area contributed by atoms with Gasteiger partial charge in [-0.2, -0.15) is 0 Å². The molecular weight excluding hydrogens is 300 g/mol. The number of ether oxygens (including phenoxy) is 1. The van der Waals surface area contributed by atoms with Gasteiger partial charge in [-0.15, -0.1) is 0 Å². The number of carbonyl (C=O) groups excluding carboxylic acids is 1. The van der Waals surface area contributed by atoms with Crippen LogP contribution in [0.1, 0.15) is 15.9 Å². The van der Waals surface area contributed by atoms with Crippen LogP contribution in [0.25, 0.3) is 4.85 Å². The Hall–Kier alpha value is -2.65. The quantitative estimate of drug-likeness (QED) is 0.676. The van der Waals surface area contributed by atoms with Gasteiger partial charge >= 0.3 is 0 Å². The van der Waals surface area contributed by atoms with Crippen LogP contribution in [0.3, 0.4) is 0 Å². The van der Waals surface area contributed by atoms with Gasteiger partial charge in [0.25, 0.3) is 0 Å². The number of nitrogens with one attached hydrogen (secondary N) is 1. The minimum absolute atomic E-state index is 0.242. The molecule has 0 saturated heterocycles. The van der Waals surface area contributed by atoms with Crippen molar-refractivity contribution >= 4 is 21.7 Å². The molecule has 5 nitrogen and oxygen atoms in total. The maximum Gasteiger partial charge on any atom is 0.228 e. The molecule has 2 aromatic rings. The van der Waals surface area contributed by atoms with E-state index in [0.717, 1.165) is 5.56 Å². The van der Waals surface area contributed by atoms with Gasteiger partial charge in [-0.25, -0.2) is 13.8 Å². The maximum atomic E-state index is 11.6. The fourth-order valence-electron chi connectivity index (χ4n) is 1.82. The summed E-state index contributed by atoms with van der Waals surface area (Å²) in [5.41, 5.74) is 1.54. The second-order valence-corrected chi connectivity index (χ2v) is 6.89. The molecule has 0 aromatic heterocycles. The Labute approximate surface area is 129 Å². The summed E-state index contributed by atoms with van der Waals surface area (Å²) in [6.07, 6.45) is 2.05. The van der Waals surface area contributed by atoms with E-state index in [1.807, 2.05) is 0 Å². The standard InChI is InChI=1S/C16H14N2O3S/c1-18-15-9-13(10-19)5-8-16(15)21-11-12-3-6-14(7-4-12)22(2,17)20/h3-10,17H,11H2,2H3. The molecule has 0 saturated carbocycles. The van der Waals surface area contributed by atoms with Crippen molar-refractivity contribution in [2.75, 3.05) is 6.26 Å². The Morgan fingerprint density at radius 1 is 1.27 bits per heavy atom. The highest BCUT2D eigenvalue weighted by Crippen LogP contribution is 2.29. The fourth-order valence-corrected chi connectivity index (χ4v) is 2.48. The number of rotatable bonds is 5. The zero-order valence-electron chi connectivity index (χ0n) is 11.9. The summed E-state index contributed by atoms with van der Waals surface area (Å²) >= 11 is 0. The van der Waals surface area contributed by atoms with E-state index in [4.69, 9.17) is 16.1 Å². The summed E-state index contributed by atoms with van der Waals surface area (Å²) in [6, 6.07) is 11.4. The van der Waals surface area contributed by atoms with Crippen LogP contribution in [-0.2, 0) is 16.3 Å². The summed E-state index contributed by atoms with van der Waals surface area (Å²) in [7, 11) is -2.72. The first-order valence-corrected chi connectivity index (χ1v) is 8.33. The number of hydrogen-bond acceptors (Lipinski definition) is 4. The molecule has 1 N–H and O–H groups in total. The van der Waals surface area contributed by atoms with Gasteiger partial charge in [0.15, 0.2) is 0 Å². The highest BCUT2D eigenvalue weighted by Gasteiger charge is 2.06. The molecular formula is C16H14N2O3S. The SMILES string of the molecule is [C-]#[N+]c1cc(C=O)ccc1OCc1ccc(S(C)(=N)=O)cc1. The van der Waals surface area contributed by atoms with Gasteiger partial charge in [0.05, 0.1) is 16.3 Å². The zero-order valence-corrected chi connectivity index (χ0v) is 12.7. The number of aldehydes is 1. The van der Waals surface area contributed by atoms with Crippen LogP contribution < -0.4 is 4.74 Å². The molecule has 2 aromatic carbocycles. The summed E-state index contributed by atoms with van der Waals surface area (Å²) in [5.74, 6) is 0.407. The molecule has 0 radical (unpaired) electrons. The Balaban J connectivity index is 2.14. The first kappa shape index (κ1) is 15.7. The normalized spacial score (nSPS) is 12.9. The Bertz CT molecular complexity index is 835. The van der Waals surface area contributed by atoms with Gasteiger partial charge < -0.3 is 4.74 Å². The van der Waals surface area contributed by atoms with E-state index in [0.29, 0.717) is 22.5 Å². The van der Waals surface area contributed by atoms with Crippen molar-refractivity contribution in [3.8, 4) is 5.75 Å². The lowest BCUT2D eigenvalue weighted by atomic mass is 10.2. The number of carbonyl (C=O) groups is 1. The van der Waals surface area contributed by atoms with Crippen LogP contribution in [0.15, 0.2) is 47.4 Å². The monoisotopic (exact) mass is 314 g/mol. The molecule has 1 unspecified atom stereocenters. The van der Waals surface area contributed by atoms with E-state index < -0.39 is 9.73 Å². The van der Waals surface area contributed by atoms with Crippen molar-refractivity contribution in [1.82, 2.24) is 0 Å². The zero-order chi connectivity index (χ0) is 16.2. The van der Waals surface area contributed by atoms with Crippen LogP contribution >= 0.6 is 0 Å².